The first-order valence-corrected chi connectivity index (χ1v) is 7.60. The van der Waals surface area contributed by atoms with E-state index in [1.165, 1.54) is 25.2 Å². The zero-order valence-corrected chi connectivity index (χ0v) is 12.8. The lowest BCUT2D eigenvalue weighted by Crippen LogP contribution is -2.32. The number of carboxylic acid groups (broad SMARTS) is 1. The summed E-state index contributed by atoms with van der Waals surface area (Å²) in [6, 6.07) is 4.14. The van der Waals surface area contributed by atoms with Gasteiger partial charge in [-0.15, -0.1) is 0 Å². The molecule has 0 bridgehead atoms. The van der Waals surface area contributed by atoms with Crippen molar-refractivity contribution in [3.8, 4) is 0 Å². The Bertz CT molecular complexity index is 653. The molecular weight excluding hydrogens is 298 g/mol. The lowest BCUT2D eigenvalue weighted by molar-refractivity contribution is -0.137. The zero-order chi connectivity index (χ0) is 16.2. The maximum Gasteiger partial charge on any atom is 0.338 e. The predicted molar refractivity (Wildman–Crippen MR) is 74.6 cm³/mol. The van der Waals surface area contributed by atoms with Crippen molar-refractivity contribution >= 4 is 22.0 Å². The molecular formula is C13H17NO6S. The van der Waals surface area contributed by atoms with Crippen LogP contribution >= 0.6 is 0 Å². The Balaban J connectivity index is 3.25. The molecule has 0 saturated heterocycles. The average Bonchev–Trinajstić information content (AvgIpc) is 2.38. The number of aryl methyl sites for hydroxylation is 1. The van der Waals surface area contributed by atoms with Crippen LogP contribution in [0.1, 0.15) is 22.8 Å². The van der Waals surface area contributed by atoms with Gasteiger partial charge in [-0.2, -0.15) is 4.31 Å². The number of ether oxygens (including phenoxy) is 1. The Labute approximate surface area is 123 Å². The summed E-state index contributed by atoms with van der Waals surface area (Å²) in [6.07, 6.45) is 0. The van der Waals surface area contributed by atoms with Gasteiger partial charge in [0.1, 0.15) is 6.54 Å². The average molecular weight is 315 g/mol. The smallest absolute Gasteiger partial charge is 0.338 e. The van der Waals surface area contributed by atoms with E-state index in [0.717, 1.165) is 0 Å². The summed E-state index contributed by atoms with van der Waals surface area (Å²) in [5.74, 6) is -1.89. The van der Waals surface area contributed by atoms with Gasteiger partial charge < -0.3 is 9.84 Å². The van der Waals surface area contributed by atoms with Crippen molar-refractivity contribution in [2.24, 2.45) is 0 Å². The van der Waals surface area contributed by atoms with Gasteiger partial charge in [0.15, 0.2) is 0 Å². The number of esters is 1. The second-order valence-electron chi connectivity index (χ2n) is 4.36. The number of rotatable bonds is 6. The normalized spacial score (nSPS) is 11.4. The van der Waals surface area contributed by atoms with Crippen LogP contribution in [0.4, 0.5) is 0 Å². The number of hydrogen-bond acceptors (Lipinski definition) is 5. The van der Waals surface area contributed by atoms with Crippen LogP contribution in [0.3, 0.4) is 0 Å². The summed E-state index contributed by atoms with van der Waals surface area (Å²) in [7, 11) is -2.82. The van der Waals surface area contributed by atoms with Crippen LogP contribution in [0.5, 0.6) is 0 Å². The highest BCUT2D eigenvalue weighted by molar-refractivity contribution is 7.89. The van der Waals surface area contributed by atoms with Crippen molar-refractivity contribution in [3.05, 3.63) is 29.3 Å². The van der Waals surface area contributed by atoms with E-state index in [9.17, 15) is 18.0 Å². The van der Waals surface area contributed by atoms with E-state index in [1.807, 2.05) is 0 Å². The zero-order valence-electron chi connectivity index (χ0n) is 12.0. The van der Waals surface area contributed by atoms with Gasteiger partial charge in [0.05, 0.1) is 17.1 Å². The van der Waals surface area contributed by atoms with Crippen molar-refractivity contribution in [1.29, 1.82) is 0 Å². The number of nitrogens with zero attached hydrogens (tertiary/aromatic N) is 1. The van der Waals surface area contributed by atoms with Gasteiger partial charge in [-0.05, 0) is 31.5 Å². The molecule has 0 heterocycles. The van der Waals surface area contributed by atoms with E-state index in [4.69, 9.17) is 9.84 Å². The second-order valence-corrected chi connectivity index (χ2v) is 6.37. The van der Waals surface area contributed by atoms with Crippen LogP contribution < -0.4 is 0 Å². The summed E-state index contributed by atoms with van der Waals surface area (Å²) >= 11 is 0. The molecule has 0 aliphatic carbocycles. The molecule has 116 valence electrons. The Morgan fingerprint density at radius 3 is 2.48 bits per heavy atom. The number of carboxylic acids is 1. The molecule has 0 aliphatic rings. The second kappa shape index (κ2) is 6.68. The maximum absolute atomic E-state index is 12.3. The third-order valence-electron chi connectivity index (χ3n) is 2.75. The van der Waals surface area contributed by atoms with Crippen molar-refractivity contribution in [3.63, 3.8) is 0 Å². The van der Waals surface area contributed by atoms with Gasteiger partial charge in [0.2, 0.25) is 10.0 Å². The van der Waals surface area contributed by atoms with E-state index < -0.39 is 28.5 Å². The summed E-state index contributed by atoms with van der Waals surface area (Å²) < 4.78 is 30.2. The lowest BCUT2D eigenvalue weighted by atomic mass is 10.1. The quantitative estimate of drug-likeness (QED) is 0.782. The topological polar surface area (TPSA) is 101 Å². The molecule has 0 spiro atoms. The third-order valence-corrected chi connectivity index (χ3v) is 4.69. The first-order valence-electron chi connectivity index (χ1n) is 6.16. The SMILES string of the molecule is CCOC(=O)c1ccc(C)c(S(=O)(=O)N(C)CC(=O)O)c1. The van der Waals surface area contributed by atoms with Crippen LogP contribution in [0.25, 0.3) is 0 Å². The summed E-state index contributed by atoms with van der Waals surface area (Å²) in [5, 5.41) is 8.70. The van der Waals surface area contributed by atoms with Crippen LogP contribution in [0, 0.1) is 6.92 Å². The summed E-state index contributed by atoms with van der Waals surface area (Å²) in [4.78, 5) is 22.2. The van der Waals surface area contributed by atoms with Crippen LogP contribution in [0.15, 0.2) is 23.1 Å². The molecule has 0 amide bonds. The lowest BCUT2D eigenvalue weighted by Gasteiger charge is -2.17. The molecule has 1 N–H and O–H groups in total. The highest BCUT2D eigenvalue weighted by Crippen LogP contribution is 2.21. The maximum atomic E-state index is 12.3. The van der Waals surface area contributed by atoms with Crippen LogP contribution in [-0.4, -0.2) is 50.0 Å². The predicted octanol–water partition coefficient (Wildman–Crippen LogP) is 0.877. The Morgan fingerprint density at radius 2 is 1.95 bits per heavy atom. The fourth-order valence-corrected chi connectivity index (χ4v) is 3.03. The summed E-state index contributed by atoms with van der Waals surface area (Å²) in [6.45, 7) is 2.72. The molecule has 0 aliphatic heterocycles. The minimum Gasteiger partial charge on any atom is -0.480 e. The molecule has 0 fully saturated rings. The molecule has 0 radical (unpaired) electrons. The fourth-order valence-electron chi connectivity index (χ4n) is 1.66. The van der Waals surface area contributed by atoms with E-state index >= 15 is 0 Å². The highest BCUT2D eigenvalue weighted by Gasteiger charge is 2.25. The van der Waals surface area contributed by atoms with Gasteiger partial charge in [-0.25, -0.2) is 13.2 Å². The van der Waals surface area contributed by atoms with Gasteiger partial charge in [0.25, 0.3) is 0 Å². The number of benzene rings is 1. The van der Waals surface area contributed by atoms with Gasteiger partial charge in [-0.3, -0.25) is 4.79 Å². The molecule has 1 rings (SSSR count). The molecule has 0 saturated carbocycles. The van der Waals surface area contributed by atoms with Crippen molar-refractivity contribution in [2.75, 3.05) is 20.2 Å². The molecule has 0 unspecified atom stereocenters. The number of sulfonamides is 1. The fraction of sp³-hybridized carbons (Fsp3) is 0.385. The van der Waals surface area contributed by atoms with E-state index in [0.29, 0.717) is 9.87 Å². The monoisotopic (exact) mass is 315 g/mol. The van der Waals surface area contributed by atoms with Crippen LogP contribution in [0.2, 0.25) is 0 Å². The molecule has 0 aromatic heterocycles. The van der Waals surface area contributed by atoms with Gasteiger partial charge in [0, 0.05) is 7.05 Å². The largest absolute Gasteiger partial charge is 0.480 e. The van der Waals surface area contributed by atoms with E-state index in [2.05, 4.69) is 0 Å². The van der Waals surface area contributed by atoms with Crippen molar-refractivity contribution in [2.45, 2.75) is 18.7 Å². The Morgan fingerprint density at radius 1 is 1.33 bits per heavy atom. The first-order chi connectivity index (χ1) is 9.70. The third kappa shape index (κ3) is 4.02. The molecule has 8 heteroatoms. The minimum atomic E-state index is -3.99. The standard InChI is InChI=1S/C13H17NO6S/c1-4-20-13(17)10-6-5-9(2)11(7-10)21(18,19)14(3)8-12(15)16/h5-7H,4,8H2,1-3H3,(H,15,16). The molecule has 7 nitrogen and oxygen atoms in total. The minimum absolute atomic E-state index is 0.102. The first kappa shape index (κ1) is 17.1. The van der Waals surface area contributed by atoms with E-state index in [-0.39, 0.29) is 17.1 Å². The molecule has 21 heavy (non-hydrogen) atoms. The van der Waals surface area contributed by atoms with Crippen LogP contribution in [-0.2, 0) is 19.6 Å². The number of carbonyl (C=O) groups is 2. The number of aliphatic carboxylic acids is 1. The van der Waals surface area contributed by atoms with E-state index in [1.54, 1.807) is 13.8 Å². The summed E-state index contributed by atoms with van der Waals surface area (Å²) in [5.41, 5.74) is 0.519. The van der Waals surface area contributed by atoms with Gasteiger partial charge in [-0.1, -0.05) is 6.07 Å². The number of likely N-dealkylation sites (N-methyl/N-ethyl adjacent to an activating group) is 1. The number of carbonyl (C=O) groups excluding carboxylic acids is 1. The number of hydrogen-bond donors (Lipinski definition) is 1. The highest BCUT2D eigenvalue weighted by atomic mass is 32.2. The molecule has 1 aromatic carbocycles. The van der Waals surface area contributed by atoms with Crippen molar-refractivity contribution in [1.82, 2.24) is 4.31 Å². The van der Waals surface area contributed by atoms with Crippen molar-refractivity contribution < 1.29 is 27.9 Å². The Hall–Kier alpha value is -1.93. The molecule has 0 atom stereocenters. The van der Waals surface area contributed by atoms with Gasteiger partial charge >= 0.3 is 11.9 Å². The molecule has 1 aromatic rings. The Kier molecular flexibility index (Phi) is 5.45.